The van der Waals surface area contributed by atoms with Gasteiger partial charge in [0.1, 0.15) is 5.60 Å². The van der Waals surface area contributed by atoms with Gasteiger partial charge < -0.3 is 15.7 Å². The quantitative estimate of drug-likeness (QED) is 0.438. The lowest BCUT2D eigenvalue weighted by Gasteiger charge is -2.37. The number of aliphatic hydroxyl groups is 1. The standard InChI is InChI=1S/C8H12N2O2/c1-2-3-7(11)10-6-8(12)4-9-5-8/h9,12H,4-6H2,1H3,(H,10,11). The number of carbonyl (C=O) groups excluding carboxylic acids is 1. The topological polar surface area (TPSA) is 61.4 Å². The third-order valence-electron chi connectivity index (χ3n) is 1.72. The summed E-state index contributed by atoms with van der Waals surface area (Å²) < 4.78 is 0. The fourth-order valence-corrected chi connectivity index (χ4v) is 0.941. The lowest BCUT2D eigenvalue weighted by atomic mass is 9.97. The van der Waals surface area contributed by atoms with Gasteiger partial charge in [-0.2, -0.15) is 0 Å². The average molecular weight is 168 g/mol. The smallest absolute Gasteiger partial charge is 0.295 e. The van der Waals surface area contributed by atoms with Gasteiger partial charge in [0.25, 0.3) is 5.91 Å². The highest BCUT2D eigenvalue weighted by molar-refractivity contribution is 5.93. The van der Waals surface area contributed by atoms with Crippen LogP contribution in [0.3, 0.4) is 0 Å². The maximum absolute atomic E-state index is 10.8. The molecule has 0 bridgehead atoms. The molecule has 0 aromatic carbocycles. The molecular weight excluding hydrogens is 156 g/mol. The van der Waals surface area contributed by atoms with Crippen LogP contribution in [-0.2, 0) is 4.79 Å². The first-order valence-corrected chi connectivity index (χ1v) is 3.80. The number of nitrogens with one attached hydrogen (secondary N) is 2. The molecule has 1 aliphatic heterocycles. The molecule has 0 unspecified atom stereocenters. The van der Waals surface area contributed by atoms with Crippen LogP contribution in [0.4, 0.5) is 0 Å². The van der Waals surface area contributed by atoms with E-state index in [0.717, 1.165) is 0 Å². The van der Waals surface area contributed by atoms with Crippen molar-refractivity contribution < 1.29 is 9.90 Å². The molecule has 0 aromatic rings. The van der Waals surface area contributed by atoms with E-state index in [2.05, 4.69) is 22.5 Å². The van der Waals surface area contributed by atoms with Crippen molar-refractivity contribution in [3.8, 4) is 11.8 Å². The van der Waals surface area contributed by atoms with Crippen LogP contribution in [0.2, 0.25) is 0 Å². The molecule has 0 aliphatic carbocycles. The Bertz CT molecular complexity index is 235. The van der Waals surface area contributed by atoms with Crippen LogP contribution in [0.1, 0.15) is 6.92 Å². The number of amides is 1. The van der Waals surface area contributed by atoms with Crippen LogP contribution in [0.25, 0.3) is 0 Å². The van der Waals surface area contributed by atoms with E-state index in [-0.39, 0.29) is 12.5 Å². The van der Waals surface area contributed by atoms with Crippen molar-refractivity contribution in [3.63, 3.8) is 0 Å². The highest BCUT2D eigenvalue weighted by Gasteiger charge is 2.34. The van der Waals surface area contributed by atoms with Crippen molar-refractivity contribution in [3.05, 3.63) is 0 Å². The largest absolute Gasteiger partial charge is 0.385 e. The van der Waals surface area contributed by atoms with Crippen LogP contribution in [-0.4, -0.2) is 36.2 Å². The summed E-state index contributed by atoms with van der Waals surface area (Å²) in [5.74, 6) is 4.48. The van der Waals surface area contributed by atoms with Gasteiger partial charge in [-0.3, -0.25) is 4.79 Å². The molecule has 4 heteroatoms. The molecule has 0 radical (unpaired) electrons. The second-order valence-corrected chi connectivity index (χ2v) is 2.89. The van der Waals surface area contributed by atoms with Crippen LogP contribution < -0.4 is 10.6 Å². The molecule has 0 saturated carbocycles. The Labute approximate surface area is 71.3 Å². The van der Waals surface area contributed by atoms with Crippen molar-refractivity contribution in [1.82, 2.24) is 10.6 Å². The first-order valence-electron chi connectivity index (χ1n) is 3.80. The molecule has 12 heavy (non-hydrogen) atoms. The van der Waals surface area contributed by atoms with Gasteiger partial charge in [0, 0.05) is 19.6 Å². The summed E-state index contributed by atoms with van der Waals surface area (Å²) in [6.07, 6.45) is 0. The van der Waals surface area contributed by atoms with Gasteiger partial charge in [0.15, 0.2) is 0 Å². The summed E-state index contributed by atoms with van der Waals surface area (Å²) in [6, 6.07) is 0. The van der Waals surface area contributed by atoms with E-state index in [1.807, 2.05) is 0 Å². The molecule has 1 aliphatic rings. The predicted octanol–water partition coefficient (Wildman–Crippen LogP) is -1.54. The van der Waals surface area contributed by atoms with E-state index in [4.69, 9.17) is 0 Å². The fraction of sp³-hybridized carbons (Fsp3) is 0.625. The average Bonchev–Trinajstić information content (AvgIpc) is 1.98. The monoisotopic (exact) mass is 168 g/mol. The second kappa shape index (κ2) is 3.57. The number of β-amino-alcohol motifs (C(OH)–C–C–N with tert-alkyl or cyclic N) is 1. The lowest BCUT2D eigenvalue weighted by Crippen LogP contribution is -2.64. The summed E-state index contributed by atoms with van der Waals surface area (Å²) >= 11 is 0. The second-order valence-electron chi connectivity index (χ2n) is 2.89. The molecule has 1 saturated heterocycles. The molecule has 3 N–H and O–H groups in total. The minimum absolute atomic E-state index is 0.271. The molecule has 66 valence electrons. The Morgan fingerprint density at radius 2 is 2.42 bits per heavy atom. The van der Waals surface area contributed by atoms with E-state index >= 15 is 0 Å². The van der Waals surface area contributed by atoms with E-state index in [0.29, 0.717) is 13.1 Å². The van der Waals surface area contributed by atoms with Gasteiger partial charge in [-0.1, -0.05) is 5.92 Å². The number of hydrogen-bond donors (Lipinski definition) is 3. The first kappa shape index (κ1) is 9.04. The van der Waals surface area contributed by atoms with Crippen molar-refractivity contribution in [1.29, 1.82) is 0 Å². The molecule has 1 rings (SSSR count). The SMILES string of the molecule is CC#CC(=O)NCC1(O)CNC1. The molecule has 1 heterocycles. The van der Waals surface area contributed by atoms with Gasteiger partial charge in [-0.05, 0) is 12.8 Å². The minimum Gasteiger partial charge on any atom is -0.385 e. The van der Waals surface area contributed by atoms with Gasteiger partial charge in [-0.25, -0.2) is 0 Å². The molecule has 0 aromatic heterocycles. The van der Waals surface area contributed by atoms with E-state index in [1.54, 1.807) is 6.92 Å². The van der Waals surface area contributed by atoms with Gasteiger partial charge in [0.2, 0.25) is 0 Å². The Balaban J connectivity index is 2.23. The Kier molecular flexibility index (Phi) is 2.69. The first-order chi connectivity index (χ1) is 5.66. The Morgan fingerprint density at radius 3 is 2.83 bits per heavy atom. The molecular formula is C8H12N2O2. The molecule has 0 atom stereocenters. The van der Waals surface area contributed by atoms with E-state index < -0.39 is 5.60 Å². The summed E-state index contributed by atoms with van der Waals surface area (Å²) in [7, 11) is 0. The molecule has 4 nitrogen and oxygen atoms in total. The molecule has 1 fully saturated rings. The van der Waals surface area contributed by atoms with Crippen LogP contribution >= 0.6 is 0 Å². The van der Waals surface area contributed by atoms with Gasteiger partial charge in [-0.15, -0.1) is 0 Å². The maximum Gasteiger partial charge on any atom is 0.295 e. The van der Waals surface area contributed by atoms with Crippen LogP contribution in [0, 0.1) is 11.8 Å². The van der Waals surface area contributed by atoms with Gasteiger partial charge in [0.05, 0.1) is 0 Å². The number of carbonyl (C=O) groups is 1. The minimum atomic E-state index is -0.759. The van der Waals surface area contributed by atoms with Crippen molar-refractivity contribution in [2.24, 2.45) is 0 Å². The fourth-order valence-electron chi connectivity index (χ4n) is 0.941. The maximum atomic E-state index is 10.8. The summed E-state index contributed by atoms with van der Waals surface area (Å²) in [6.45, 7) is 2.94. The predicted molar refractivity (Wildman–Crippen MR) is 44.3 cm³/mol. The summed E-state index contributed by atoms with van der Waals surface area (Å²) in [4.78, 5) is 10.8. The zero-order valence-corrected chi connectivity index (χ0v) is 6.98. The summed E-state index contributed by atoms with van der Waals surface area (Å²) in [5.41, 5.74) is -0.759. The number of hydrogen-bond acceptors (Lipinski definition) is 3. The van der Waals surface area contributed by atoms with Gasteiger partial charge >= 0.3 is 0 Å². The third kappa shape index (κ3) is 2.22. The van der Waals surface area contributed by atoms with Crippen molar-refractivity contribution in [2.75, 3.05) is 19.6 Å². The van der Waals surface area contributed by atoms with E-state index in [9.17, 15) is 9.90 Å². The zero-order chi connectivity index (χ0) is 9.03. The number of rotatable bonds is 2. The van der Waals surface area contributed by atoms with Crippen LogP contribution in [0.15, 0.2) is 0 Å². The Hall–Kier alpha value is -1.05. The van der Waals surface area contributed by atoms with Crippen molar-refractivity contribution >= 4 is 5.91 Å². The third-order valence-corrected chi connectivity index (χ3v) is 1.72. The summed E-state index contributed by atoms with van der Waals surface area (Å²) in [5, 5.41) is 14.9. The zero-order valence-electron chi connectivity index (χ0n) is 6.98. The van der Waals surface area contributed by atoms with Crippen LogP contribution in [0.5, 0.6) is 0 Å². The molecule has 1 amide bonds. The van der Waals surface area contributed by atoms with Crippen molar-refractivity contribution in [2.45, 2.75) is 12.5 Å². The Morgan fingerprint density at radius 1 is 1.75 bits per heavy atom. The van der Waals surface area contributed by atoms with E-state index in [1.165, 1.54) is 0 Å². The molecule has 0 spiro atoms. The highest BCUT2D eigenvalue weighted by Crippen LogP contribution is 2.07. The lowest BCUT2D eigenvalue weighted by molar-refractivity contribution is -0.117. The highest BCUT2D eigenvalue weighted by atomic mass is 16.3. The normalized spacial score (nSPS) is 18.5.